The lowest BCUT2D eigenvalue weighted by Crippen LogP contribution is -2.15. The van der Waals surface area contributed by atoms with Crippen molar-refractivity contribution in [3.05, 3.63) is 88.6 Å². The van der Waals surface area contributed by atoms with E-state index in [0.29, 0.717) is 30.1 Å². The van der Waals surface area contributed by atoms with Crippen molar-refractivity contribution in [1.29, 1.82) is 0 Å². The number of nitrogens with one attached hydrogen (secondary N) is 1. The Morgan fingerprint density at radius 3 is 2.58 bits per heavy atom. The lowest BCUT2D eigenvalue weighted by molar-refractivity contribution is -0.124. The van der Waals surface area contributed by atoms with Crippen molar-refractivity contribution in [3.63, 3.8) is 0 Å². The number of hydrogen-bond acceptors (Lipinski definition) is 8. The standard InChI is InChI=1S/C35H45N3O5/c1-25(22-37-2)9-5-3-8-12-31(40)21-32(41)16-15-27-19-34(43-24-39)33(42)18-29(27)17-30-23-38-35(36)20-28(30)14-13-26-10-6-4-7-11-26/h4,6-7,10-11,15-16,18-20,23,25,37,39,42H,3,5,8-9,12-14,17,21-22,24H2,1-2H3,(H2,36,38). The van der Waals surface area contributed by atoms with Crippen molar-refractivity contribution >= 4 is 23.5 Å². The van der Waals surface area contributed by atoms with Crippen LogP contribution in [0.3, 0.4) is 0 Å². The molecule has 1 aromatic heterocycles. The van der Waals surface area contributed by atoms with Crippen LogP contribution in [-0.4, -0.2) is 47.1 Å². The van der Waals surface area contributed by atoms with Gasteiger partial charge in [-0.15, -0.1) is 0 Å². The number of nitrogens with zero attached hydrogens (tertiary/aromatic N) is 1. The summed E-state index contributed by atoms with van der Waals surface area (Å²) < 4.78 is 5.17. The third-order valence-corrected chi connectivity index (χ3v) is 7.48. The van der Waals surface area contributed by atoms with Crippen LogP contribution in [0.25, 0.3) is 6.08 Å². The van der Waals surface area contributed by atoms with Crippen molar-refractivity contribution in [3.8, 4) is 11.5 Å². The predicted octanol–water partition coefficient (Wildman–Crippen LogP) is 5.42. The molecule has 3 rings (SSSR count). The predicted molar refractivity (Wildman–Crippen MR) is 171 cm³/mol. The quantitative estimate of drug-likeness (QED) is 0.0632. The summed E-state index contributed by atoms with van der Waals surface area (Å²) in [4.78, 5) is 29.4. The Hall–Kier alpha value is -4.01. The van der Waals surface area contributed by atoms with Crippen molar-refractivity contribution in [1.82, 2.24) is 10.3 Å². The smallest absolute Gasteiger partial charge is 0.186 e. The first kappa shape index (κ1) is 33.5. The molecule has 0 aliphatic rings. The van der Waals surface area contributed by atoms with Gasteiger partial charge in [-0.2, -0.15) is 0 Å². The molecule has 0 fully saturated rings. The summed E-state index contributed by atoms with van der Waals surface area (Å²) in [6, 6.07) is 15.2. The number of ketones is 2. The van der Waals surface area contributed by atoms with Crippen LogP contribution in [0.15, 0.2) is 60.8 Å². The fraction of sp³-hybridized carbons (Fsp3) is 0.400. The summed E-state index contributed by atoms with van der Waals surface area (Å²) >= 11 is 0. The van der Waals surface area contributed by atoms with Crippen LogP contribution in [0, 0.1) is 5.92 Å². The molecule has 230 valence electrons. The number of aliphatic hydroxyl groups is 1. The number of aromatic nitrogens is 1. The highest BCUT2D eigenvalue weighted by molar-refractivity contribution is 6.06. The van der Waals surface area contributed by atoms with E-state index in [0.717, 1.165) is 61.8 Å². The highest BCUT2D eigenvalue weighted by Gasteiger charge is 2.14. The summed E-state index contributed by atoms with van der Waals surface area (Å²) in [6.07, 6.45) is 11.0. The van der Waals surface area contributed by atoms with Crippen LogP contribution in [0.5, 0.6) is 11.5 Å². The Labute approximate surface area is 255 Å². The van der Waals surface area contributed by atoms with Crippen molar-refractivity contribution < 1.29 is 24.5 Å². The van der Waals surface area contributed by atoms with Gasteiger partial charge in [-0.25, -0.2) is 4.98 Å². The number of aromatic hydroxyl groups is 1. The molecule has 0 spiro atoms. The molecule has 0 saturated heterocycles. The molecule has 1 atom stereocenters. The minimum Gasteiger partial charge on any atom is -0.504 e. The number of ether oxygens (including phenoxy) is 1. The number of carbonyl (C=O) groups excluding carboxylic acids is 2. The highest BCUT2D eigenvalue weighted by Crippen LogP contribution is 2.32. The van der Waals surface area contributed by atoms with Crippen molar-refractivity contribution in [2.24, 2.45) is 5.92 Å². The van der Waals surface area contributed by atoms with Gasteiger partial charge in [0.25, 0.3) is 0 Å². The van der Waals surface area contributed by atoms with Gasteiger partial charge >= 0.3 is 0 Å². The normalized spacial score (nSPS) is 12.0. The number of nitrogens with two attached hydrogens (primary N) is 1. The number of benzene rings is 2. The van der Waals surface area contributed by atoms with E-state index in [1.165, 1.54) is 11.6 Å². The number of unbranched alkanes of at least 4 members (excludes halogenated alkanes) is 2. The van der Waals surface area contributed by atoms with Crippen LogP contribution >= 0.6 is 0 Å². The van der Waals surface area contributed by atoms with Gasteiger partial charge in [0.15, 0.2) is 24.1 Å². The SMILES string of the molecule is CNCC(C)CCCCCC(=O)CC(=O)C=Cc1cc(OCO)c(O)cc1Cc1cnc(N)cc1CCc1ccccc1. The van der Waals surface area contributed by atoms with E-state index in [4.69, 9.17) is 10.5 Å². The molecule has 5 N–H and O–H groups in total. The monoisotopic (exact) mass is 587 g/mol. The fourth-order valence-corrected chi connectivity index (χ4v) is 5.15. The van der Waals surface area contributed by atoms with Crippen LogP contribution < -0.4 is 15.8 Å². The fourth-order valence-electron chi connectivity index (χ4n) is 5.15. The van der Waals surface area contributed by atoms with E-state index in [1.54, 1.807) is 24.4 Å². The molecule has 0 saturated carbocycles. The maximum Gasteiger partial charge on any atom is 0.186 e. The number of anilines is 1. The highest BCUT2D eigenvalue weighted by atomic mass is 16.6. The van der Waals surface area contributed by atoms with E-state index >= 15 is 0 Å². The summed E-state index contributed by atoms with van der Waals surface area (Å²) in [5.41, 5.74) is 10.6. The van der Waals surface area contributed by atoms with Gasteiger partial charge in [-0.3, -0.25) is 9.59 Å². The third kappa shape index (κ3) is 11.7. The average Bonchev–Trinajstić information content (AvgIpc) is 2.98. The van der Waals surface area contributed by atoms with Gasteiger partial charge < -0.3 is 26.0 Å². The summed E-state index contributed by atoms with van der Waals surface area (Å²) in [7, 11) is 1.95. The Morgan fingerprint density at radius 2 is 1.84 bits per heavy atom. The average molecular weight is 588 g/mol. The first-order valence-corrected chi connectivity index (χ1v) is 15.0. The maximum absolute atomic E-state index is 12.7. The number of aliphatic hydroxyl groups excluding tert-OH is 1. The molecule has 0 bridgehead atoms. The molecule has 43 heavy (non-hydrogen) atoms. The van der Waals surface area contributed by atoms with Gasteiger partial charge in [0, 0.05) is 12.6 Å². The lowest BCUT2D eigenvalue weighted by atomic mass is 9.94. The zero-order chi connectivity index (χ0) is 31.0. The van der Waals surface area contributed by atoms with Crippen LogP contribution in [-0.2, 0) is 28.9 Å². The molecular formula is C35H45N3O5. The molecule has 1 heterocycles. The number of pyridine rings is 1. The Morgan fingerprint density at radius 1 is 1.05 bits per heavy atom. The zero-order valence-corrected chi connectivity index (χ0v) is 25.4. The topological polar surface area (TPSA) is 135 Å². The van der Waals surface area contributed by atoms with Crippen molar-refractivity contribution in [2.45, 2.75) is 64.7 Å². The number of phenolic OH excluding ortho intramolecular Hbond substituents is 1. The molecule has 0 amide bonds. The molecule has 0 radical (unpaired) electrons. The minimum absolute atomic E-state index is 0.0656. The summed E-state index contributed by atoms with van der Waals surface area (Å²) in [6.45, 7) is 2.59. The molecule has 1 unspecified atom stereocenters. The number of rotatable bonds is 19. The van der Waals surface area contributed by atoms with Gasteiger partial charge in [0.2, 0.25) is 0 Å². The number of hydrogen-bond donors (Lipinski definition) is 4. The van der Waals surface area contributed by atoms with Crippen LogP contribution in [0.2, 0.25) is 0 Å². The van der Waals surface area contributed by atoms with Gasteiger partial charge in [0.1, 0.15) is 11.6 Å². The van der Waals surface area contributed by atoms with Crippen LogP contribution in [0.1, 0.15) is 73.3 Å². The molecule has 3 aromatic rings. The Balaban J connectivity index is 1.69. The second kappa shape index (κ2) is 17.8. The Kier molecular flexibility index (Phi) is 13.9. The number of phenols is 1. The maximum atomic E-state index is 12.7. The molecular weight excluding hydrogens is 542 g/mol. The molecule has 0 aliphatic carbocycles. The number of carbonyl (C=O) groups is 2. The number of allylic oxidation sites excluding steroid dienone is 1. The van der Waals surface area contributed by atoms with E-state index < -0.39 is 6.79 Å². The third-order valence-electron chi connectivity index (χ3n) is 7.48. The van der Waals surface area contributed by atoms with E-state index in [1.807, 2.05) is 31.3 Å². The van der Waals surface area contributed by atoms with Gasteiger partial charge in [-0.1, -0.05) is 56.2 Å². The number of aryl methyl sites for hydroxylation is 2. The van der Waals surface area contributed by atoms with Crippen LogP contribution in [0.4, 0.5) is 5.82 Å². The molecule has 8 heteroatoms. The lowest BCUT2D eigenvalue weighted by Gasteiger charge is -2.14. The number of nitrogen functional groups attached to an aromatic ring is 1. The second-order valence-corrected chi connectivity index (χ2v) is 11.1. The summed E-state index contributed by atoms with van der Waals surface area (Å²) in [5.74, 6) is 0.659. The number of Topliss-reactive ketones (excluding diaryl/α,β-unsaturated/α-hetero) is 1. The first-order chi connectivity index (χ1) is 20.8. The molecule has 0 aliphatic heterocycles. The molecule has 2 aromatic carbocycles. The van der Waals surface area contributed by atoms with Crippen molar-refractivity contribution in [2.75, 3.05) is 26.1 Å². The van der Waals surface area contributed by atoms with E-state index in [-0.39, 0.29) is 29.5 Å². The zero-order valence-electron chi connectivity index (χ0n) is 25.4. The Bertz CT molecular complexity index is 1360. The largest absolute Gasteiger partial charge is 0.504 e. The summed E-state index contributed by atoms with van der Waals surface area (Å²) in [5, 5.41) is 23.0. The minimum atomic E-state index is -0.608. The van der Waals surface area contributed by atoms with E-state index in [9.17, 15) is 19.8 Å². The molecule has 8 nitrogen and oxygen atoms in total. The van der Waals surface area contributed by atoms with Gasteiger partial charge in [0.05, 0.1) is 6.42 Å². The first-order valence-electron chi connectivity index (χ1n) is 15.0. The second-order valence-electron chi connectivity index (χ2n) is 11.1. The van der Waals surface area contributed by atoms with Gasteiger partial charge in [-0.05, 0) is 104 Å². The van der Waals surface area contributed by atoms with E-state index in [2.05, 4.69) is 29.4 Å².